The molecular formula is C18H18Cl2N2O. The zero-order valence-electron chi connectivity index (χ0n) is 12.9. The van der Waals surface area contributed by atoms with Gasteiger partial charge in [0.05, 0.1) is 12.6 Å². The van der Waals surface area contributed by atoms with Crippen molar-refractivity contribution in [2.24, 2.45) is 0 Å². The molecule has 1 aliphatic heterocycles. The molecule has 1 heterocycles. The summed E-state index contributed by atoms with van der Waals surface area (Å²) in [5.41, 5.74) is 3.32. The second kappa shape index (κ2) is 6.81. The van der Waals surface area contributed by atoms with Gasteiger partial charge < -0.3 is 10.2 Å². The SMILES string of the molecule is C[C@@H](NC(=O)CN1CCc2ccccc21)c1ccc(Cl)cc1Cl. The first-order chi connectivity index (χ1) is 11.0. The van der Waals surface area contributed by atoms with Gasteiger partial charge in [-0.1, -0.05) is 47.5 Å². The van der Waals surface area contributed by atoms with Crippen molar-refractivity contribution < 1.29 is 4.79 Å². The van der Waals surface area contributed by atoms with Gasteiger partial charge in [-0.15, -0.1) is 0 Å². The normalized spacial score (nSPS) is 14.5. The van der Waals surface area contributed by atoms with Gasteiger partial charge in [-0.25, -0.2) is 0 Å². The van der Waals surface area contributed by atoms with Crippen molar-refractivity contribution in [1.82, 2.24) is 5.32 Å². The Morgan fingerprint density at radius 1 is 1.26 bits per heavy atom. The molecule has 3 rings (SSSR count). The molecule has 0 unspecified atom stereocenters. The van der Waals surface area contributed by atoms with Crippen LogP contribution in [0.4, 0.5) is 5.69 Å². The highest BCUT2D eigenvalue weighted by molar-refractivity contribution is 6.35. The fourth-order valence-corrected chi connectivity index (χ4v) is 3.53. The molecule has 1 atom stereocenters. The number of carbonyl (C=O) groups is 1. The van der Waals surface area contributed by atoms with E-state index >= 15 is 0 Å². The van der Waals surface area contributed by atoms with E-state index in [-0.39, 0.29) is 11.9 Å². The number of anilines is 1. The summed E-state index contributed by atoms with van der Waals surface area (Å²) in [6.07, 6.45) is 0.988. The Kier molecular flexibility index (Phi) is 4.79. The number of fused-ring (bicyclic) bond motifs is 1. The molecule has 1 aliphatic rings. The van der Waals surface area contributed by atoms with Crippen molar-refractivity contribution in [3.8, 4) is 0 Å². The van der Waals surface area contributed by atoms with Crippen LogP contribution < -0.4 is 10.2 Å². The quantitative estimate of drug-likeness (QED) is 0.896. The zero-order valence-corrected chi connectivity index (χ0v) is 14.4. The van der Waals surface area contributed by atoms with E-state index in [4.69, 9.17) is 23.2 Å². The standard InChI is InChI=1S/C18H18Cl2N2O/c1-12(15-7-6-14(19)10-16(15)20)21-18(23)11-22-9-8-13-4-2-3-5-17(13)22/h2-7,10,12H,8-9,11H2,1H3,(H,21,23)/t12-/m1/s1. The molecule has 2 aromatic rings. The minimum absolute atomic E-state index is 0.0137. The van der Waals surface area contributed by atoms with E-state index in [1.165, 1.54) is 5.56 Å². The molecule has 1 amide bonds. The number of carbonyl (C=O) groups excluding carboxylic acids is 1. The van der Waals surface area contributed by atoms with Crippen LogP contribution in [0, 0.1) is 0 Å². The van der Waals surface area contributed by atoms with Crippen molar-refractivity contribution in [1.29, 1.82) is 0 Å². The van der Waals surface area contributed by atoms with Gasteiger partial charge in [0.1, 0.15) is 0 Å². The number of benzene rings is 2. The van der Waals surface area contributed by atoms with Crippen LogP contribution in [0.2, 0.25) is 10.0 Å². The van der Waals surface area contributed by atoms with E-state index in [0.717, 1.165) is 24.2 Å². The Hall–Kier alpha value is -1.71. The topological polar surface area (TPSA) is 32.3 Å². The fourth-order valence-electron chi connectivity index (χ4n) is 2.96. The summed E-state index contributed by atoms with van der Waals surface area (Å²) in [6.45, 7) is 3.15. The maximum Gasteiger partial charge on any atom is 0.239 e. The zero-order chi connectivity index (χ0) is 16.4. The maximum absolute atomic E-state index is 12.3. The lowest BCUT2D eigenvalue weighted by molar-refractivity contribution is -0.120. The van der Waals surface area contributed by atoms with Gasteiger partial charge >= 0.3 is 0 Å². The van der Waals surface area contributed by atoms with Gasteiger partial charge in [0.2, 0.25) is 5.91 Å². The number of nitrogens with one attached hydrogen (secondary N) is 1. The molecule has 0 fully saturated rings. The highest BCUT2D eigenvalue weighted by Gasteiger charge is 2.21. The summed E-state index contributed by atoms with van der Waals surface area (Å²) >= 11 is 12.1. The number of amides is 1. The van der Waals surface area contributed by atoms with Crippen LogP contribution in [0.15, 0.2) is 42.5 Å². The molecule has 0 saturated heterocycles. The molecular weight excluding hydrogens is 331 g/mol. The smallest absolute Gasteiger partial charge is 0.239 e. The summed E-state index contributed by atoms with van der Waals surface area (Å²) in [5.74, 6) is -0.0137. The average molecular weight is 349 g/mol. The van der Waals surface area contributed by atoms with Crippen LogP contribution in [0.5, 0.6) is 0 Å². The fraction of sp³-hybridized carbons (Fsp3) is 0.278. The molecule has 0 aromatic heterocycles. The molecule has 2 aromatic carbocycles. The highest BCUT2D eigenvalue weighted by atomic mass is 35.5. The maximum atomic E-state index is 12.3. The van der Waals surface area contributed by atoms with Gasteiger partial charge in [-0.2, -0.15) is 0 Å². The largest absolute Gasteiger partial charge is 0.362 e. The molecule has 0 bridgehead atoms. The van der Waals surface area contributed by atoms with E-state index in [2.05, 4.69) is 22.3 Å². The minimum atomic E-state index is -0.162. The second-order valence-corrected chi connectivity index (χ2v) is 6.60. The number of para-hydroxylation sites is 1. The molecule has 0 radical (unpaired) electrons. The molecule has 5 heteroatoms. The summed E-state index contributed by atoms with van der Waals surface area (Å²) in [4.78, 5) is 14.5. The Bertz CT molecular complexity index is 733. The first-order valence-electron chi connectivity index (χ1n) is 7.62. The second-order valence-electron chi connectivity index (χ2n) is 5.76. The lowest BCUT2D eigenvalue weighted by atomic mass is 10.1. The molecule has 23 heavy (non-hydrogen) atoms. The van der Waals surface area contributed by atoms with Crippen LogP contribution in [0.3, 0.4) is 0 Å². The summed E-state index contributed by atoms with van der Waals surface area (Å²) in [6, 6.07) is 13.4. The van der Waals surface area contributed by atoms with Gasteiger partial charge in [0.25, 0.3) is 0 Å². The predicted molar refractivity (Wildman–Crippen MR) is 95.4 cm³/mol. The Morgan fingerprint density at radius 3 is 2.83 bits per heavy atom. The van der Waals surface area contributed by atoms with Gasteiger partial charge in [0, 0.05) is 22.3 Å². The van der Waals surface area contributed by atoms with Crippen LogP contribution in [0.25, 0.3) is 0 Å². The summed E-state index contributed by atoms with van der Waals surface area (Å²) in [7, 11) is 0. The number of hydrogen-bond acceptors (Lipinski definition) is 2. The van der Waals surface area contributed by atoms with E-state index in [1.54, 1.807) is 12.1 Å². The van der Waals surface area contributed by atoms with Crippen LogP contribution in [-0.4, -0.2) is 19.0 Å². The predicted octanol–water partition coefficient (Wildman–Crippen LogP) is 4.23. The van der Waals surface area contributed by atoms with Crippen LogP contribution in [0.1, 0.15) is 24.1 Å². The van der Waals surface area contributed by atoms with Crippen molar-refractivity contribution in [2.45, 2.75) is 19.4 Å². The molecule has 0 aliphatic carbocycles. The Morgan fingerprint density at radius 2 is 2.04 bits per heavy atom. The summed E-state index contributed by atoms with van der Waals surface area (Å²) in [5, 5.41) is 4.16. The minimum Gasteiger partial charge on any atom is -0.362 e. The monoisotopic (exact) mass is 348 g/mol. The molecule has 120 valence electrons. The first kappa shape index (κ1) is 16.2. The molecule has 0 saturated carbocycles. The summed E-state index contributed by atoms with van der Waals surface area (Å²) < 4.78 is 0. The third kappa shape index (κ3) is 3.62. The number of hydrogen-bond donors (Lipinski definition) is 1. The van der Waals surface area contributed by atoms with Crippen LogP contribution >= 0.6 is 23.2 Å². The molecule has 0 spiro atoms. The Labute approximate surface area is 146 Å². The molecule has 1 N–H and O–H groups in total. The van der Waals surface area contributed by atoms with E-state index in [9.17, 15) is 4.79 Å². The van der Waals surface area contributed by atoms with E-state index < -0.39 is 0 Å². The lowest BCUT2D eigenvalue weighted by Crippen LogP contribution is -2.37. The number of halogens is 2. The number of nitrogens with zero attached hydrogens (tertiary/aromatic N) is 1. The number of rotatable bonds is 4. The van der Waals surface area contributed by atoms with Crippen molar-refractivity contribution >= 4 is 34.8 Å². The van der Waals surface area contributed by atoms with Crippen molar-refractivity contribution in [2.75, 3.05) is 18.0 Å². The Balaban J connectivity index is 1.64. The third-order valence-corrected chi connectivity index (χ3v) is 4.69. The van der Waals surface area contributed by atoms with Gasteiger partial charge in [-0.3, -0.25) is 4.79 Å². The van der Waals surface area contributed by atoms with Gasteiger partial charge in [-0.05, 0) is 42.7 Å². The van der Waals surface area contributed by atoms with Gasteiger partial charge in [0.15, 0.2) is 0 Å². The lowest BCUT2D eigenvalue weighted by Gasteiger charge is -2.21. The van der Waals surface area contributed by atoms with Crippen LogP contribution in [-0.2, 0) is 11.2 Å². The van der Waals surface area contributed by atoms with Crippen molar-refractivity contribution in [3.63, 3.8) is 0 Å². The molecule has 3 nitrogen and oxygen atoms in total. The van der Waals surface area contributed by atoms with E-state index in [1.807, 2.05) is 25.1 Å². The third-order valence-electron chi connectivity index (χ3n) is 4.12. The average Bonchev–Trinajstić information content (AvgIpc) is 2.90. The highest BCUT2D eigenvalue weighted by Crippen LogP contribution is 2.28. The first-order valence-corrected chi connectivity index (χ1v) is 8.37. The van der Waals surface area contributed by atoms with E-state index in [0.29, 0.717) is 16.6 Å². The van der Waals surface area contributed by atoms with Crippen molar-refractivity contribution in [3.05, 3.63) is 63.6 Å².